The molecule has 1 aliphatic carbocycles. The summed E-state index contributed by atoms with van der Waals surface area (Å²) in [6.07, 6.45) is 0.853. The fraction of sp³-hybridized carbons (Fsp3) is 0.455. The van der Waals surface area contributed by atoms with Crippen LogP contribution in [0, 0.1) is 6.92 Å². The van der Waals surface area contributed by atoms with Crippen molar-refractivity contribution >= 4 is 29.2 Å². The van der Waals surface area contributed by atoms with Gasteiger partial charge in [-0.2, -0.15) is 13.2 Å². The summed E-state index contributed by atoms with van der Waals surface area (Å²) in [6.45, 7) is 1.95. The molecule has 0 spiro atoms. The van der Waals surface area contributed by atoms with E-state index in [2.05, 4.69) is 26.0 Å². The standard InChI is InChI=1S/C22H25F3N6O2S/c1-14-10-18(30-33-14)27-20(32)13-34-21-29-28-19(31(21)17-8-3-2-4-9-17)12-26-16-7-5-6-15(11-16)22(23,24)25/h5-7,10-11,17,26H,2-4,8-9,12-13H2,1H3,(H,27,30,32). The van der Waals surface area contributed by atoms with Gasteiger partial charge in [0.1, 0.15) is 5.76 Å². The van der Waals surface area contributed by atoms with Crippen molar-refractivity contribution in [3.8, 4) is 0 Å². The highest BCUT2D eigenvalue weighted by molar-refractivity contribution is 7.99. The minimum absolute atomic E-state index is 0.109. The maximum absolute atomic E-state index is 13.0. The zero-order valence-corrected chi connectivity index (χ0v) is 19.4. The van der Waals surface area contributed by atoms with Crippen LogP contribution in [0.3, 0.4) is 0 Å². The molecule has 34 heavy (non-hydrogen) atoms. The third-order valence-electron chi connectivity index (χ3n) is 5.54. The number of nitrogens with one attached hydrogen (secondary N) is 2. The topological polar surface area (TPSA) is 97.9 Å². The summed E-state index contributed by atoms with van der Waals surface area (Å²) in [5, 5.41) is 18.7. The molecule has 0 saturated heterocycles. The first kappa shape index (κ1) is 24.1. The quantitative estimate of drug-likeness (QED) is 0.402. The molecule has 1 amide bonds. The summed E-state index contributed by atoms with van der Waals surface area (Å²) in [5.74, 6) is 1.43. The van der Waals surface area contributed by atoms with Gasteiger partial charge < -0.3 is 19.7 Å². The van der Waals surface area contributed by atoms with Crippen LogP contribution in [0.25, 0.3) is 0 Å². The first-order valence-electron chi connectivity index (χ1n) is 11.0. The van der Waals surface area contributed by atoms with E-state index in [1.165, 1.54) is 24.2 Å². The summed E-state index contributed by atoms with van der Waals surface area (Å²) < 4.78 is 46.1. The first-order chi connectivity index (χ1) is 16.3. The van der Waals surface area contributed by atoms with Gasteiger partial charge in [-0.15, -0.1) is 10.2 Å². The van der Waals surface area contributed by atoms with Crippen molar-refractivity contribution in [1.82, 2.24) is 19.9 Å². The van der Waals surface area contributed by atoms with Gasteiger partial charge in [-0.25, -0.2) is 0 Å². The monoisotopic (exact) mass is 494 g/mol. The number of hydrogen-bond donors (Lipinski definition) is 2. The lowest BCUT2D eigenvalue weighted by Crippen LogP contribution is -2.19. The van der Waals surface area contributed by atoms with Crippen molar-refractivity contribution in [3.63, 3.8) is 0 Å². The fourth-order valence-electron chi connectivity index (χ4n) is 3.95. The van der Waals surface area contributed by atoms with Crippen molar-refractivity contribution in [2.24, 2.45) is 0 Å². The molecule has 12 heteroatoms. The Morgan fingerprint density at radius 3 is 2.71 bits per heavy atom. The van der Waals surface area contributed by atoms with Crippen molar-refractivity contribution in [2.45, 2.75) is 62.9 Å². The normalized spacial score (nSPS) is 14.8. The number of hydrogen-bond acceptors (Lipinski definition) is 7. The Balaban J connectivity index is 1.46. The highest BCUT2D eigenvalue weighted by Gasteiger charge is 2.30. The summed E-state index contributed by atoms with van der Waals surface area (Å²) in [4.78, 5) is 12.3. The molecule has 2 N–H and O–H groups in total. The molecule has 0 aliphatic heterocycles. The number of nitrogens with zero attached hydrogens (tertiary/aromatic N) is 4. The molecule has 1 aromatic carbocycles. The zero-order valence-electron chi connectivity index (χ0n) is 18.6. The van der Waals surface area contributed by atoms with E-state index in [0.717, 1.165) is 37.8 Å². The second kappa shape index (κ2) is 10.5. The number of alkyl halides is 3. The highest BCUT2D eigenvalue weighted by atomic mass is 32.2. The number of anilines is 2. The Labute approximate surface area is 198 Å². The largest absolute Gasteiger partial charge is 0.416 e. The molecule has 1 fully saturated rings. The summed E-state index contributed by atoms with van der Waals surface area (Å²) in [5.41, 5.74) is -0.361. The highest BCUT2D eigenvalue weighted by Crippen LogP contribution is 2.34. The lowest BCUT2D eigenvalue weighted by Gasteiger charge is -2.25. The minimum atomic E-state index is -4.41. The van der Waals surface area contributed by atoms with Crippen LogP contribution < -0.4 is 10.6 Å². The van der Waals surface area contributed by atoms with Crippen LogP contribution in [0.4, 0.5) is 24.7 Å². The lowest BCUT2D eigenvalue weighted by atomic mass is 9.95. The van der Waals surface area contributed by atoms with Gasteiger partial charge in [-0.05, 0) is 38.0 Å². The van der Waals surface area contributed by atoms with Gasteiger partial charge in [0.05, 0.1) is 17.9 Å². The number of aryl methyl sites for hydroxylation is 1. The molecular weight excluding hydrogens is 469 g/mol. The Morgan fingerprint density at radius 2 is 2.00 bits per heavy atom. The van der Waals surface area contributed by atoms with E-state index in [9.17, 15) is 18.0 Å². The molecule has 182 valence electrons. The van der Waals surface area contributed by atoms with Crippen molar-refractivity contribution in [2.75, 3.05) is 16.4 Å². The van der Waals surface area contributed by atoms with E-state index >= 15 is 0 Å². The van der Waals surface area contributed by atoms with Gasteiger partial charge in [0.15, 0.2) is 16.8 Å². The zero-order chi connectivity index (χ0) is 24.1. The third-order valence-corrected chi connectivity index (χ3v) is 6.49. The predicted octanol–water partition coefficient (Wildman–Crippen LogP) is 5.44. The number of halogens is 3. The van der Waals surface area contributed by atoms with E-state index in [1.807, 2.05) is 4.57 Å². The smallest absolute Gasteiger partial charge is 0.378 e. The molecule has 1 saturated carbocycles. The summed E-state index contributed by atoms with van der Waals surface area (Å²) in [6, 6.07) is 6.88. The minimum Gasteiger partial charge on any atom is -0.378 e. The van der Waals surface area contributed by atoms with E-state index in [4.69, 9.17) is 4.52 Å². The van der Waals surface area contributed by atoms with E-state index in [1.54, 1.807) is 19.1 Å². The molecule has 8 nitrogen and oxygen atoms in total. The van der Waals surface area contributed by atoms with Crippen LogP contribution in [-0.4, -0.2) is 31.6 Å². The van der Waals surface area contributed by atoms with Crippen molar-refractivity contribution < 1.29 is 22.5 Å². The number of benzene rings is 1. The number of carbonyl (C=O) groups is 1. The van der Waals surface area contributed by atoms with Crippen LogP contribution in [-0.2, 0) is 17.5 Å². The van der Waals surface area contributed by atoms with Gasteiger partial charge in [0.25, 0.3) is 0 Å². The van der Waals surface area contributed by atoms with Gasteiger partial charge in [0, 0.05) is 17.8 Å². The summed E-state index contributed by atoms with van der Waals surface area (Å²) >= 11 is 1.27. The molecule has 0 unspecified atom stereocenters. The van der Waals surface area contributed by atoms with Gasteiger partial charge in [-0.1, -0.05) is 42.2 Å². The fourth-order valence-corrected chi connectivity index (χ4v) is 4.78. The molecule has 0 atom stereocenters. The van der Waals surface area contributed by atoms with Gasteiger partial charge >= 0.3 is 6.18 Å². The molecule has 2 aromatic heterocycles. The van der Waals surface area contributed by atoms with Crippen molar-refractivity contribution in [1.29, 1.82) is 0 Å². The molecule has 0 radical (unpaired) electrons. The Kier molecular flexibility index (Phi) is 7.44. The molecule has 3 aromatic rings. The number of rotatable bonds is 8. The number of thioether (sulfide) groups is 1. The maximum atomic E-state index is 13.0. The predicted molar refractivity (Wildman–Crippen MR) is 122 cm³/mol. The Morgan fingerprint density at radius 1 is 1.21 bits per heavy atom. The number of aromatic nitrogens is 4. The van der Waals surface area contributed by atoms with Crippen molar-refractivity contribution in [3.05, 3.63) is 47.5 Å². The van der Waals surface area contributed by atoms with Crippen LogP contribution in [0.5, 0.6) is 0 Å². The Bertz CT molecular complexity index is 1120. The second-order valence-electron chi connectivity index (χ2n) is 8.15. The van der Waals surface area contributed by atoms with E-state index < -0.39 is 11.7 Å². The molecular formula is C22H25F3N6O2S. The molecule has 0 bridgehead atoms. The van der Waals surface area contributed by atoms with Crippen LogP contribution in [0.2, 0.25) is 0 Å². The molecule has 4 rings (SSSR count). The van der Waals surface area contributed by atoms with Crippen LogP contribution >= 0.6 is 11.8 Å². The molecule has 1 aliphatic rings. The number of carbonyl (C=O) groups excluding carboxylic acids is 1. The molecule has 2 heterocycles. The number of amides is 1. The maximum Gasteiger partial charge on any atom is 0.416 e. The third kappa shape index (κ3) is 6.10. The van der Waals surface area contributed by atoms with Crippen LogP contribution in [0.15, 0.2) is 40.0 Å². The average Bonchev–Trinajstić information content (AvgIpc) is 3.42. The lowest BCUT2D eigenvalue weighted by molar-refractivity contribution is -0.137. The van der Waals surface area contributed by atoms with Gasteiger partial charge in [0.2, 0.25) is 5.91 Å². The summed E-state index contributed by atoms with van der Waals surface area (Å²) in [7, 11) is 0. The van der Waals surface area contributed by atoms with Crippen LogP contribution in [0.1, 0.15) is 55.3 Å². The van der Waals surface area contributed by atoms with Gasteiger partial charge in [-0.3, -0.25) is 4.79 Å². The average molecular weight is 495 g/mol. The SMILES string of the molecule is Cc1cc(NC(=O)CSc2nnc(CNc3cccc(C(F)(F)F)c3)n2C2CCCCC2)no1. The Hall–Kier alpha value is -3.02. The van der Waals surface area contributed by atoms with E-state index in [-0.39, 0.29) is 24.2 Å². The first-order valence-corrected chi connectivity index (χ1v) is 12.0. The van der Waals surface area contributed by atoms with E-state index in [0.29, 0.717) is 28.2 Å². The second-order valence-corrected chi connectivity index (χ2v) is 9.09.